The monoisotopic (exact) mass is 300 g/mol. The summed E-state index contributed by atoms with van der Waals surface area (Å²) in [6.45, 7) is 4.33. The van der Waals surface area contributed by atoms with Gasteiger partial charge in [-0.05, 0) is 37.1 Å². The van der Waals surface area contributed by atoms with E-state index in [1.54, 1.807) is 24.1 Å². The molecule has 0 aliphatic carbocycles. The van der Waals surface area contributed by atoms with Crippen LogP contribution in [0.2, 0.25) is 0 Å². The van der Waals surface area contributed by atoms with Gasteiger partial charge in [-0.25, -0.2) is 9.18 Å². The molecule has 116 valence electrons. The molecule has 0 bridgehead atoms. The zero-order valence-corrected chi connectivity index (χ0v) is 13.1. The highest BCUT2D eigenvalue weighted by atomic mass is 19.1. The van der Waals surface area contributed by atoms with E-state index in [0.717, 1.165) is 11.1 Å². The molecular weight excluding hydrogens is 279 g/mol. The van der Waals surface area contributed by atoms with Gasteiger partial charge in [0.2, 0.25) is 0 Å². The quantitative estimate of drug-likeness (QED) is 0.912. The molecule has 0 saturated heterocycles. The van der Waals surface area contributed by atoms with Crippen LogP contribution in [0.5, 0.6) is 0 Å². The maximum Gasteiger partial charge on any atom is 0.318 e. The summed E-state index contributed by atoms with van der Waals surface area (Å²) in [7, 11) is 1.75. The third-order valence-electron chi connectivity index (χ3n) is 3.59. The van der Waals surface area contributed by atoms with Gasteiger partial charge in [0.1, 0.15) is 5.82 Å². The van der Waals surface area contributed by atoms with Crippen LogP contribution in [0.15, 0.2) is 54.6 Å². The first-order chi connectivity index (χ1) is 10.4. The van der Waals surface area contributed by atoms with Gasteiger partial charge in [0.05, 0.1) is 5.54 Å². The van der Waals surface area contributed by atoms with Gasteiger partial charge in [0.15, 0.2) is 0 Å². The van der Waals surface area contributed by atoms with Crippen molar-refractivity contribution in [3.05, 3.63) is 71.5 Å². The van der Waals surface area contributed by atoms with E-state index < -0.39 is 5.54 Å². The molecule has 0 aliphatic heterocycles. The van der Waals surface area contributed by atoms with Gasteiger partial charge < -0.3 is 10.2 Å². The molecular formula is C18H21FN2O. The second kappa shape index (κ2) is 6.60. The molecule has 0 aliphatic rings. The van der Waals surface area contributed by atoms with Crippen LogP contribution in [-0.2, 0) is 12.1 Å². The van der Waals surface area contributed by atoms with Gasteiger partial charge in [0.25, 0.3) is 0 Å². The van der Waals surface area contributed by atoms with E-state index in [1.165, 1.54) is 12.1 Å². The standard InChI is InChI=1S/C18H21FN2O/c1-18(2,15-9-11-16(19)12-10-15)20-17(22)21(3)13-14-7-5-4-6-8-14/h4-12H,13H2,1-3H3,(H,20,22). The van der Waals surface area contributed by atoms with Gasteiger partial charge in [0, 0.05) is 13.6 Å². The van der Waals surface area contributed by atoms with Crippen molar-refractivity contribution in [2.75, 3.05) is 7.05 Å². The van der Waals surface area contributed by atoms with E-state index in [2.05, 4.69) is 5.32 Å². The maximum absolute atomic E-state index is 13.0. The number of hydrogen-bond donors (Lipinski definition) is 1. The molecule has 0 fully saturated rings. The van der Waals surface area contributed by atoms with Gasteiger partial charge >= 0.3 is 6.03 Å². The van der Waals surface area contributed by atoms with Crippen LogP contribution < -0.4 is 5.32 Å². The van der Waals surface area contributed by atoms with Crippen LogP contribution in [0, 0.1) is 5.82 Å². The predicted molar refractivity (Wildman–Crippen MR) is 85.9 cm³/mol. The van der Waals surface area contributed by atoms with Crippen molar-refractivity contribution in [2.24, 2.45) is 0 Å². The minimum absolute atomic E-state index is 0.168. The summed E-state index contributed by atoms with van der Waals surface area (Å²) in [5.41, 5.74) is 1.35. The van der Waals surface area contributed by atoms with Gasteiger partial charge in [-0.1, -0.05) is 42.5 Å². The molecule has 0 radical (unpaired) electrons. The fraction of sp³-hybridized carbons (Fsp3) is 0.278. The highest BCUT2D eigenvalue weighted by Gasteiger charge is 2.24. The van der Waals surface area contributed by atoms with Crippen LogP contribution >= 0.6 is 0 Å². The first-order valence-electron chi connectivity index (χ1n) is 7.22. The Morgan fingerprint density at radius 3 is 2.27 bits per heavy atom. The number of urea groups is 1. The second-order valence-electron chi connectivity index (χ2n) is 5.90. The summed E-state index contributed by atoms with van der Waals surface area (Å²) < 4.78 is 13.0. The number of halogens is 1. The van der Waals surface area contributed by atoms with Crippen LogP contribution in [-0.4, -0.2) is 18.0 Å². The molecule has 2 aromatic rings. The zero-order chi connectivity index (χ0) is 16.2. The number of carbonyl (C=O) groups is 1. The second-order valence-corrected chi connectivity index (χ2v) is 5.90. The van der Waals surface area contributed by atoms with Crippen molar-refractivity contribution in [3.8, 4) is 0 Å². The number of carbonyl (C=O) groups excluding carboxylic acids is 1. The highest BCUT2D eigenvalue weighted by molar-refractivity contribution is 5.75. The highest BCUT2D eigenvalue weighted by Crippen LogP contribution is 2.20. The summed E-state index contributed by atoms with van der Waals surface area (Å²) in [6.07, 6.45) is 0. The fourth-order valence-electron chi connectivity index (χ4n) is 2.23. The Morgan fingerprint density at radius 2 is 1.68 bits per heavy atom. The van der Waals surface area contributed by atoms with Crippen LogP contribution in [0.25, 0.3) is 0 Å². The summed E-state index contributed by atoms with van der Waals surface area (Å²) in [6, 6.07) is 15.8. The molecule has 22 heavy (non-hydrogen) atoms. The minimum atomic E-state index is -0.574. The van der Waals surface area contributed by atoms with E-state index in [1.807, 2.05) is 44.2 Å². The molecule has 2 rings (SSSR count). The molecule has 0 unspecified atom stereocenters. The Labute approximate surface area is 130 Å². The Hall–Kier alpha value is -2.36. The zero-order valence-electron chi connectivity index (χ0n) is 13.1. The largest absolute Gasteiger partial charge is 0.329 e. The van der Waals surface area contributed by atoms with E-state index in [-0.39, 0.29) is 11.8 Å². The third-order valence-corrected chi connectivity index (χ3v) is 3.59. The van der Waals surface area contributed by atoms with Gasteiger partial charge in [-0.2, -0.15) is 0 Å². The average Bonchev–Trinajstić information content (AvgIpc) is 2.48. The predicted octanol–water partition coefficient (Wildman–Crippen LogP) is 3.90. The van der Waals surface area contributed by atoms with E-state index in [9.17, 15) is 9.18 Å². The molecule has 4 heteroatoms. The Morgan fingerprint density at radius 1 is 1.09 bits per heavy atom. The number of nitrogens with zero attached hydrogens (tertiary/aromatic N) is 1. The molecule has 2 amide bonds. The molecule has 0 heterocycles. The summed E-state index contributed by atoms with van der Waals surface area (Å²) >= 11 is 0. The average molecular weight is 300 g/mol. The lowest BCUT2D eigenvalue weighted by molar-refractivity contribution is 0.195. The number of benzene rings is 2. The van der Waals surface area contributed by atoms with E-state index in [0.29, 0.717) is 6.54 Å². The number of nitrogens with one attached hydrogen (secondary N) is 1. The smallest absolute Gasteiger partial charge is 0.318 e. The molecule has 1 N–H and O–H groups in total. The molecule has 3 nitrogen and oxygen atoms in total. The minimum Gasteiger partial charge on any atom is -0.329 e. The molecule has 2 aromatic carbocycles. The summed E-state index contributed by atoms with van der Waals surface area (Å²) in [4.78, 5) is 14.0. The lowest BCUT2D eigenvalue weighted by atomic mass is 9.94. The van der Waals surface area contributed by atoms with Crippen LogP contribution in [0.4, 0.5) is 9.18 Å². The van der Waals surface area contributed by atoms with Crippen LogP contribution in [0.3, 0.4) is 0 Å². The molecule has 0 atom stereocenters. The SMILES string of the molecule is CN(Cc1ccccc1)C(=O)NC(C)(C)c1ccc(F)cc1. The lowest BCUT2D eigenvalue weighted by Gasteiger charge is -2.30. The number of hydrogen-bond acceptors (Lipinski definition) is 1. The summed E-state index contributed by atoms with van der Waals surface area (Å²) in [5.74, 6) is -0.285. The van der Waals surface area contributed by atoms with Crippen molar-refractivity contribution < 1.29 is 9.18 Å². The summed E-state index contributed by atoms with van der Waals surface area (Å²) in [5, 5.41) is 2.98. The lowest BCUT2D eigenvalue weighted by Crippen LogP contribution is -2.46. The van der Waals surface area contributed by atoms with Crippen molar-refractivity contribution in [1.29, 1.82) is 0 Å². The van der Waals surface area contributed by atoms with Crippen LogP contribution in [0.1, 0.15) is 25.0 Å². The van der Waals surface area contributed by atoms with E-state index >= 15 is 0 Å². The number of amides is 2. The first kappa shape index (κ1) is 16.0. The Kier molecular flexibility index (Phi) is 4.81. The van der Waals surface area contributed by atoms with Crippen molar-refractivity contribution in [2.45, 2.75) is 25.9 Å². The van der Waals surface area contributed by atoms with E-state index in [4.69, 9.17) is 0 Å². The van der Waals surface area contributed by atoms with Crippen molar-refractivity contribution in [3.63, 3.8) is 0 Å². The fourth-order valence-corrected chi connectivity index (χ4v) is 2.23. The first-order valence-corrected chi connectivity index (χ1v) is 7.22. The van der Waals surface area contributed by atoms with Crippen molar-refractivity contribution in [1.82, 2.24) is 10.2 Å². The Bertz CT molecular complexity index is 623. The van der Waals surface area contributed by atoms with Crippen molar-refractivity contribution >= 4 is 6.03 Å². The Balaban J connectivity index is 2.02. The number of rotatable bonds is 4. The maximum atomic E-state index is 13.0. The third kappa shape index (κ3) is 4.07. The van der Waals surface area contributed by atoms with Gasteiger partial charge in [-0.15, -0.1) is 0 Å². The normalized spacial score (nSPS) is 11.1. The molecule has 0 spiro atoms. The molecule has 0 aromatic heterocycles. The molecule has 0 saturated carbocycles. The van der Waals surface area contributed by atoms with Gasteiger partial charge in [-0.3, -0.25) is 0 Å². The topological polar surface area (TPSA) is 32.3 Å².